The zero-order chi connectivity index (χ0) is 15.6. The average Bonchev–Trinajstić information content (AvgIpc) is 2.83. The van der Waals surface area contributed by atoms with E-state index in [9.17, 15) is 13.2 Å². The second-order valence-corrected chi connectivity index (χ2v) is 7.06. The Morgan fingerprint density at radius 3 is 2.57 bits per heavy atom. The fraction of sp³-hybridized carbons (Fsp3) is 0.667. The van der Waals surface area contributed by atoms with Crippen LogP contribution in [0.15, 0.2) is 17.3 Å². The number of nitrogens with one attached hydrogen (secondary N) is 1. The van der Waals surface area contributed by atoms with Gasteiger partial charge in [-0.3, -0.25) is 9.48 Å². The van der Waals surface area contributed by atoms with Gasteiger partial charge in [0.1, 0.15) is 4.90 Å². The molecule has 0 unspecified atom stereocenters. The first kappa shape index (κ1) is 15.9. The number of aryl methyl sites for hydroxylation is 1. The number of hydrogen-bond acceptors (Lipinski definition) is 5. The maximum Gasteiger partial charge on any atom is 0.241 e. The van der Waals surface area contributed by atoms with Gasteiger partial charge in [0, 0.05) is 44.3 Å². The molecule has 0 aromatic carbocycles. The van der Waals surface area contributed by atoms with Crippen molar-refractivity contribution in [2.24, 2.45) is 5.14 Å². The van der Waals surface area contributed by atoms with E-state index in [4.69, 9.17) is 5.14 Å². The number of carbonyl (C=O) groups excluding carboxylic acids is 1. The smallest absolute Gasteiger partial charge is 0.241 e. The predicted molar refractivity (Wildman–Crippen MR) is 76.9 cm³/mol. The minimum atomic E-state index is -3.74. The first-order chi connectivity index (χ1) is 9.75. The number of primary sulfonamides is 1. The minimum Gasteiger partial charge on any atom is -0.340 e. The lowest BCUT2D eigenvalue weighted by Gasteiger charge is -2.36. The zero-order valence-electron chi connectivity index (χ0n) is 12.2. The van der Waals surface area contributed by atoms with Gasteiger partial charge >= 0.3 is 0 Å². The molecule has 118 valence electrons. The van der Waals surface area contributed by atoms with Crippen LogP contribution in [0.2, 0.25) is 0 Å². The molecule has 0 aliphatic carbocycles. The maximum absolute atomic E-state index is 12.2. The van der Waals surface area contributed by atoms with Gasteiger partial charge in [-0.25, -0.2) is 13.6 Å². The lowest BCUT2D eigenvalue weighted by Crippen LogP contribution is -2.55. The number of piperazine rings is 1. The summed E-state index contributed by atoms with van der Waals surface area (Å²) in [6.45, 7) is 5.79. The van der Waals surface area contributed by atoms with Gasteiger partial charge in [0.25, 0.3) is 0 Å². The number of sulfonamides is 1. The number of rotatable bonds is 4. The number of hydrogen-bond donors (Lipinski definition) is 2. The van der Waals surface area contributed by atoms with Crippen LogP contribution in [-0.2, 0) is 21.4 Å². The highest BCUT2D eigenvalue weighted by molar-refractivity contribution is 7.89. The summed E-state index contributed by atoms with van der Waals surface area (Å²) in [6, 6.07) is 0.549. The SMILES string of the molecule is C[C@@H]1CN(C(=O)CCn2cc(S(N)(=O)=O)cn2)C[C@@H](C)N1. The van der Waals surface area contributed by atoms with Gasteiger partial charge in [-0.2, -0.15) is 5.10 Å². The summed E-state index contributed by atoms with van der Waals surface area (Å²) in [4.78, 5) is 14.0. The van der Waals surface area contributed by atoms with Gasteiger partial charge in [-0.05, 0) is 13.8 Å². The summed E-state index contributed by atoms with van der Waals surface area (Å²) in [6.07, 6.45) is 2.81. The third kappa shape index (κ3) is 4.26. The Balaban J connectivity index is 1.90. The van der Waals surface area contributed by atoms with E-state index in [2.05, 4.69) is 10.4 Å². The molecule has 1 aromatic heterocycles. The third-order valence-electron chi connectivity index (χ3n) is 3.40. The molecule has 9 heteroatoms. The van der Waals surface area contributed by atoms with E-state index in [0.717, 1.165) is 0 Å². The van der Waals surface area contributed by atoms with Crippen molar-refractivity contribution in [3.8, 4) is 0 Å². The van der Waals surface area contributed by atoms with E-state index in [1.54, 1.807) is 0 Å². The van der Waals surface area contributed by atoms with Crippen molar-refractivity contribution in [2.75, 3.05) is 13.1 Å². The second kappa shape index (κ2) is 6.12. The number of amides is 1. The lowest BCUT2D eigenvalue weighted by atomic mass is 10.1. The first-order valence-corrected chi connectivity index (χ1v) is 8.39. The Morgan fingerprint density at radius 2 is 2.05 bits per heavy atom. The number of carbonyl (C=O) groups is 1. The summed E-state index contributed by atoms with van der Waals surface area (Å²) in [5.41, 5.74) is 0. The Morgan fingerprint density at radius 1 is 1.43 bits per heavy atom. The topological polar surface area (TPSA) is 110 Å². The molecule has 21 heavy (non-hydrogen) atoms. The highest BCUT2D eigenvalue weighted by Gasteiger charge is 2.24. The van der Waals surface area contributed by atoms with Crippen LogP contribution < -0.4 is 10.5 Å². The van der Waals surface area contributed by atoms with E-state index in [0.29, 0.717) is 19.6 Å². The Hall–Kier alpha value is -1.45. The second-order valence-electron chi connectivity index (χ2n) is 5.50. The zero-order valence-corrected chi connectivity index (χ0v) is 13.0. The molecule has 0 radical (unpaired) electrons. The van der Waals surface area contributed by atoms with Gasteiger partial charge in [-0.15, -0.1) is 0 Å². The van der Waals surface area contributed by atoms with Gasteiger partial charge in [-0.1, -0.05) is 0 Å². The van der Waals surface area contributed by atoms with Crippen LogP contribution in [0.3, 0.4) is 0 Å². The fourth-order valence-electron chi connectivity index (χ4n) is 2.51. The normalized spacial score (nSPS) is 23.3. The van der Waals surface area contributed by atoms with Crippen LogP contribution >= 0.6 is 0 Å². The van der Waals surface area contributed by atoms with Crippen molar-refractivity contribution in [3.05, 3.63) is 12.4 Å². The maximum atomic E-state index is 12.2. The molecule has 1 saturated heterocycles. The van der Waals surface area contributed by atoms with Crippen molar-refractivity contribution in [1.82, 2.24) is 20.0 Å². The van der Waals surface area contributed by atoms with Gasteiger partial charge in [0.05, 0.1) is 6.20 Å². The van der Waals surface area contributed by atoms with Crippen molar-refractivity contribution in [2.45, 2.75) is 43.8 Å². The predicted octanol–water partition coefficient (Wildman–Crippen LogP) is -0.871. The summed E-state index contributed by atoms with van der Waals surface area (Å²) in [7, 11) is -3.74. The van der Waals surface area contributed by atoms with Crippen molar-refractivity contribution in [3.63, 3.8) is 0 Å². The van der Waals surface area contributed by atoms with Gasteiger partial charge in [0.2, 0.25) is 15.9 Å². The highest BCUT2D eigenvalue weighted by atomic mass is 32.2. The Bertz CT molecular complexity index is 602. The molecule has 1 aliphatic rings. The molecule has 3 N–H and O–H groups in total. The van der Waals surface area contributed by atoms with E-state index >= 15 is 0 Å². The molecule has 2 rings (SSSR count). The highest BCUT2D eigenvalue weighted by Crippen LogP contribution is 2.08. The van der Waals surface area contributed by atoms with E-state index in [1.165, 1.54) is 17.1 Å². The van der Waals surface area contributed by atoms with E-state index in [1.807, 2.05) is 18.7 Å². The molecular formula is C12H21N5O3S. The van der Waals surface area contributed by atoms with Crippen LogP contribution in [0, 0.1) is 0 Å². The summed E-state index contributed by atoms with van der Waals surface area (Å²) in [5.74, 6) is 0.0443. The van der Waals surface area contributed by atoms with Gasteiger partial charge < -0.3 is 10.2 Å². The number of nitrogens with two attached hydrogens (primary N) is 1. The monoisotopic (exact) mass is 315 g/mol. The molecule has 0 saturated carbocycles. The number of nitrogens with zero attached hydrogens (tertiary/aromatic N) is 3. The molecular weight excluding hydrogens is 294 g/mol. The van der Waals surface area contributed by atoms with Gasteiger partial charge in [0.15, 0.2) is 0 Å². The van der Waals surface area contributed by atoms with Crippen LogP contribution in [0.5, 0.6) is 0 Å². The quantitative estimate of drug-likeness (QED) is 0.750. The van der Waals surface area contributed by atoms with Crippen LogP contribution in [0.1, 0.15) is 20.3 Å². The fourth-order valence-corrected chi connectivity index (χ4v) is 2.98. The van der Waals surface area contributed by atoms with Crippen molar-refractivity contribution in [1.29, 1.82) is 0 Å². The molecule has 1 amide bonds. The molecule has 1 aromatic rings. The molecule has 2 heterocycles. The van der Waals surface area contributed by atoms with Crippen LogP contribution in [-0.4, -0.2) is 54.2 Å². The lowest BCUT2D eigenvalue weighted by molar-refractivity contribution is -0.133. The molecule has 1 aliphatic heterocycles. The van der Waals surface area contributed by atoms with Crippen LogP contribution in [0.4, 0.5) is 0 Å². The summed E-state index contributed by atoms with van der Waals surface area (Å²) >= 11 is 0. The molecule has 2 atom stereocenters. The minimum absolute atomic E-state index is 0.0423. The number of aromatic nitrogens is 2. The molecule has 1 fully saturated rings. The Labute approximate surface area is 124 Å². The van der Waals surface area contributed by atoms with Crippen molar-refractivity contribution < 1.29 is 13.2 Å². The standard InChI is InChI=1S/C12H21N5O3S/c1-9-6-16(7-10(2)15-9)12(18)3-4-17-8-11(5-14-17)21(13,19)20/h5,8-10,15H,3-4,6-7H2,1-2H3,(H2,13,19,20)/t9-,10-/m1/s1. The first-order valence-electron chi connectivity index (χ1n) is 6.85. The summed E-state index contributed by atoms with van der Waals surface area (Å²) in [5, 5.41) is 12.3. The third-order valence-corrected chi connectivity index (χ3v) is 4.27. The molecule has 8 nitrogen and oxygen atoms in total. The average molecular weight is 315 g/mol. The van der Waals surface area contributed by atoms with Crippen molar-refractivity contribution >= 4 is 15.9 Å². The largest absolute Gasteiger partial charge is 0.340 e. The summed E-state index contributed by atoms with van der Waals surface area (Å²) < 4.78 is 23.7. The Kier molecular flexibility index (Phi) is 4.64. The van der Waals surface area contributed by atoms with E-state index < -0.39 is 10.0 Å². The van der Waals surface area contributed by atoms with Crippen LogP contribution in [0.25, 0.3) is 0 Å². The van der Waals surface area contributed by atoms with E-state index in [-0.39, 0.29) is 29.3 Å². The molecule has 0 spiro atoms. The molecule has 0 bridgehead atoms.